The van der Waals surface area contributed by atoms with E-state index in [2.05, 4.69) is 49.1 Å². The van der Waals surface area contributed by atoms with Gasteiger partial charge in [-0.25, -0.2) is 0 Å². The molecule has 1 atom stereocenters. The Balaban J connectivity index is 2.01. The molecule has 0 radical (unpaired) electrons. The van der Waals surface area contributed by atoms with Gasteiger partial charge in [0.05, 0.1) is 10.8 Å². The van der Waals surface area contributed by atoms with Crippen molar-refractivity contribution in [3.63, 3.8) is 0 Å². The minimum absolute atomic E-state index is 0.496. The smallest absolute Gasteiger partial charge is 0.110 e. The lowest BCUT2D eigenvalue weighted by Gasteiger charge is -2.21. The summed E-state index contributed by atoms with van der Waals surface area (Å²) in [4.78, 5) is 2.22. The summed E-state index contributed by atoms with van der Waals surface area (Å²) in [5.74, 6) is 3.78. The van der Waals surface area contributed by atoms with Crippen LogP contribution in [-0.2, 0) is 0 Å². The van der Waals surface area contributed by atoms with Crippen LogP contribution >= 0.6 is 44.7 Å². The van der Waals surface area contributed by atoms with E-state index < -0.39 is 0 Å². The van der Waals surface area contributed by atoms with Crippen LogP contribution in [0.5, 0.6) is 0 Å². The van der Waals surface area contributed by atoms with E-state index in [0.717, 1.165) is 16.0 Å². The largest absolute Gasteiger partial charge is 0.293 e. The van der Waals surface area contributed by atoms with Crippen molar-refractivity contribution in [2.75, 3.05) is 19.3 Å². The first-order valence-electron chi connectivity index (χ1n) is 7.08. The minimum atomic E-state index is 0.496. The highest BCUT2D eigenvalue weighted by molar-refractivity contribution is 8.03. The summed E-state index contributed by atoms with van der Waals surface area (Å²) in [6.45, 7) is 2.93. The summed E-state index contributed by atoms with van der Waals surface area (Å²) < 4.78 is 2.34. The molecular formula is C17H19NS4. The summed E-state index contributed by atoms with van der Waals surface area (Å²) in [5, 5.41) is 0. The van der Waals surface area contributed by atoms with Crippen LogP contribution in [0.15, 0.2) is 34.5 Å². The second kappa shape index (κ2) is 8.85. The fourth-order valence-electron chi connectivity index (χ4n) is 2.02. The number of hydrogen-bond acceptors (Lipinski definition) is 5. The van der Waals surface area contributed by atoms with Crippen molar-refractivity contribution in [2.24, 2.45) is 0 Å². The Morgan fingerprint density at radius 3 is 2.73 bits per heavy atom. The lowest BCUT2D eigenvalue weighted by molar-refractivity contribution is 0.283. The third kappa shape index (κ3) is 4.68. The van der Waals surface area contributed by atoms with E-state index in [4.69, 9.17) is 18.6 Å². The molecule has 116 valence electrons. The third-order valence-electron chi connectivity index (χ3n) is 3.53. The second-order valence-corrected chi connectivity index (χ2v) is 9.27. The Morgan fingerprint density at radius 1 is 1.32 bits per heavy atom. The molecule has 0 aliphatic carbocycles. The molecule has 22 heavy (non-hydrogen) atoms. The molecule has 0 bridgehead atoms. The molecule has 5 heteroatoms. The molecule has 1 aromatic heterocycles. The highest BCUT2D eigenvalue weighted by Crippen LogP contribution is 2.40. The van der Waals surface area contributed by atoms with Gasteiger partial charge in [-0.1, -0.05) is 69.2 Å². The van der Waals surface area contributed by atoms with Crippen LogP contribution in [-0.4, -0.2) is 30.3 Å². The summed E-state index contributed by atoms with van der Waals surface area (Å²) in [5.41, 5.74) is 2.46. The van der Waals surface area contributed by atoms with E-state index in [9.17, 15) is 0 Å². The number of benzene rings is 1. The maximum absolute atomic E-state index is 5.52. The lowest BCUT2D eigenvalue weighted by Crippen LogP contribution is -2.29. The first-order chi connectivity index (χ1) is 10.6. The van der Waals surface area contributed by atoms with Crippen molar-refractivity contribution in [1.82, 2.24) is 4.90 Å². The molecule has 0 N–H and O–H groups in total. The first-order valence-corrected chi connectivity index (χ1v) is 10.6. The Kier molecular flexibility index (Phi) is 7.13. The lowest BCUT2D eigenvalue weighted by atomic mass is 10.1. The SMILES string of the molecule is C#CCN(C)C(C)CCSc1ssc(=S)c1-c1ccccc1. The normalized spacial score (nSPS) is 12.3. The van der Waals surface area contributed by atoms with Gasteiger partial charge in [0.25, 0.3) is 0 Å². The predicted molar refractivity (Wildman–Crippen MR) is 105 cm³/mol. The van der Waals surface area contributed by atoms with E-state index in [1.54, 1.807) is 20.7 Å². The van der Waals surface area contributed by atoms with Gasteiger partial charge in [0.15, 0.2) is 0 Å². The van der Waals surface area contributed by atoms with Gasteiger partial charge in [-0.15, -0.1) is 18.2 Å². The molecule has 1 nitrogen and oxygen atoms in total. The Hall–Kier alpha value is -0.640. The van der Waals surface area contributed by atoms with Gasteiger partial charge in [0.2, 0.25) is 0 Å². The number of terminal acetylenes is 1. The predicted octanol–water partition coefficient (Wildman–Crippen LogP) is 5.64. The fraction of sp³-hybridized carbons (Fsp3) is 0.353. The van der Waals surface area contributed by atoms with Gasteiger partial charge >= 0.3 is 0 Å². The zero-order valence-electron chi connectivity index (χ0n) is 12.7. The topological polar surface area (TPSA) is 3.24 Å². The fourth-order valence-corrected chi connectivity index (χ4v) is 6.71. The molecule has 0 aliphatic rings. The van der Waals surface area contributed by atoms with Gasteiger partial charge in [0.1, 0.15) is 3.82 Å². The maximum Gasteiger partial charge on any atom is 0.110 e. The molecule has 0 spiro atoms. The minimum Gasteiger partial charge on any atom is -0.293 e. The van der Waals surface area contributed by atoms with E-state index in [-0.39, 0.29) is 0 Å². The molecule has 1 unspecified atom stereocenters. The van der Waals surface area contributed by atoms with E-state index in [1.807, 2.05) is 17.8 Å². The molecule has 1 aromatic carbocycles. The van der Waals surface area contributed by atoms with Crippen molar-refractivity contribution >= 4 is 44.7 Å². The van der Waals surface area contributed by atoms with Crippen LogP contribution < -0.4 is 0 Å². The Bertz CT molecular complexity index is 681. The van der Waals surface area contributed by atoms with Crippen LogP contribution in [0.3, 0.4) is 0 Å². The number of thioether (sulfide) groups is 1. The molecule has 0 saturated heterocycles. The average Bonchev–Trinajstić information content (AvgIpc) is 2.89. The Morgan fingerprint density at radius 2 is 2.05 bits per heavy atom. The highest BCUT2D eigenvalue weighted by atomic mass is 32.9. The first kappa shape index (κ1) is 17.7. The van der Waals surface area contributed by atoms with Crippen LogP contribution in [0.1, 0.15) is 13.3 Å². The summed E-state index contributed by atoms with van der Waals surface area (Å²) in [6.07, 6.45) is 6.49. The average molecular weight is 366 g/mol. The van der Waals surface area contributed by atoms with Gasteiger partial charge in [-0.3, -0.25) is 4.90 Å². The van der Waals surface area contributed by atoms with Crippen molar-refractivity contribution in [3.8, 4) is 23.5 Å². The maximum atomic E-state index is 5.52. The second-order valence-electron chi connectivity index (χ2n) is 5.09. The number of nitrogens with zero attached hydrogens (tertiary/aromatic N) is 1. The molecule has 2 rings (SSSR count). The van der Waals surface area contributed by atoms with E-state index in [0.29, 0.717) is 12.6 Å². The standard InChI is InChI=1S/C17H19NS4/c1-4-11-18(3)13(2)10-12-20-17-15(16(19)21-22-17)14-8-6-5-7-9-14/h1,5-9,13H,10-12H2,2-3H3. The van der Waals surface area contributed by atoms with Gasteiger partial charge in [-0.2, -0.15) is 0 Å². The van der Waals surface area contributed by atoms with Gasteiger partial charge in [0, 0.05) is 17.4 Å². The number of rotatable bonds is 7. The van der Waals surface area contributed by atoms with Crippen LogP contribution in [0, 0.1) is 16.2 Å². The molecule has 0 aliphatic heterocycles. The van der Waals surface area contributed by atoms with Crippen LogP contribution in [0.2, 0.25) is 0 Å². The van der Waals surface area contributed by atoms with E-state index >= 15 is 0 Å². The molecule has 1 heterocycles. The summed E-state index contributed by atoms with van der Waals surface area (Å²) in [6, 6.07) is 10.9. The highest BCUT2D eigenvalue weighted by Gasteiger charge is 2.13. The third-order valence-corrected chi connectivity index (χ3v) is 8.17. The summed E-state index contributed by atoms with van der Waals surface area (Å²) >= 11 is 7.43. The monoisotopic (exact) mass is 365 g/mol. The van der Waals surface area contributed by atoms with Gasteiger partial charge in [-0.05, 0) is 26.0 Å². The van der Waals surface area contributed by atoms with Gasteiger partial charge < -0.3 is 0 Å². The molecular weight excluding hydrogens is 346 g/mol. The van der Waals surface area contributed by atoms with Crippen molar-refractivity contribution in [1.29, 1.82) is 0 Å². The molecule has 2 aromatic rings. The molecule has 0 amide bonds. The summed E-state index contributed by atoms with van der Waals surface area (Å²) in [7, 11) is 5.58. The van der Waals surface area contributed by atoms with Crippen LogP contribution in [0.4, 0.5) is 0 Å². The number of hydrogen-bond donors (Lipinski definition) is 0. The van der Waals surface area contributed by atoms with Crippen molar-refractivity contribution in [2.45, 2.75) is 23.6 Å². The van der Waals surface area contributed by atoms with Crippen LogP contribution in [0.25, 0.3) is 11.1 Å². The zero-order chi connectivity index (χ0) is 15.9. The van der Waals surface area contributed by atoms with Crippen molar-refractivity contribution < 1.29 is 0 Å². The Labute approximate surface area is 149 Å². The molecule has 0 fully saturated rings. The quantitative estimate of drug-likeness (QED) is 0.270. The zero-order valence-corrected chi connectivity index (χ0v) is 16.0. The van der Waals surface area contributed by atoms with E-state index in [1.165, 1.54) is 15.3 Å². The molecule has 0 saturated carbocycles. The van der Waals surface area contributed by atoms with Crippen molar-refractivity contribution in [3.05, 3.63) is 34.2 Å².